The number of carbonyl (C=O) groups excluding carboxylic acids is 1. The van der Waals surface area contributed by atoms with Crippen molar-refractivity contribution in [2.45, 2.75) is 6.18 Å². The molecule has 1 aliphatic heterocycles. The lowest BCUT2D eigenvalue weighted by atomic mass is 10.2. The average Bonchev–Trinajstić information content (AvgIpc) is 2.63. The fourth-order valence-electron chi connectivity index (χ4n) is 2.59. The van der Waals surface area contributed by atoms with Crippen molar-refractivity contribution in [3.63, 3.8) is 0 Å². The van der Waals surface area contributed by atoms with E-state index in [-0.39, 0.29) is 16.7 Å². The number of hydrogen-bond donors (Lipinski definition) is 1. The molecular formula is C16H15ClF3N5O. The Bertz CT molecular complexity index is 794. The highest BCUT2D eigenvalue weighted by Crippen LogP contribution is 2.36. The van der Waals surface area contributed by atoms with E-state index >= 15 is 0 Å². The van der Waals surface area contributed by atoms with Crippen LogP contribution in [0, 0.1) is 0 Å². The molecule has 1 N–H and O–H groups in total. The highest BCUT2D eigenvalue weighted by Gasteiger charge is 2.33. The number of anilines is 3. The summed E-state index contributed by atoms with van der Waals surface area (Å²) in [7, 11) is 0. The SMILES string of the molecule is O=CN1CCN(c2ccnc(Nc3ccc(Cl)c(C(F)(F)F)c3)n2)CC1. The van der Waals surface area contributed by atoms with Crippen LogP contribution in [0.5, 0.6) is 0 Å². The zero-order valence-corrected chi connectivity index (χ0v) is 14.3. The molecule has 0 bridgehead atoms. The Balaban J connectivity index is 1.76. The average molecular weight is 386 g/mol. The smallest absolute Gasteiger partial charge is 0.353 e. The first kappa shape index (κ1) is 18.2. The van der Waals surface area contributed by atoms with E-state index in [1.165, 1.54) is 18.3 Å². The molecule has 1 saturated heterocycles. The normalized spacial score (nSPS) is 15.1. The molecule has 0 saturated carbocycles. The quantitative estimate of drug-likeness (QED) is 0.819. The van der Waals surface area contributed by atoms with E-state index in [1.54, 1.807) is 11.0 Å². The van der Waals surface area contributed by atoms with Crippen molar-refractivity contribution in [3.05, 3.63) is 41.0 Å². The van der Waals surface area contributed by atoms with Gasteiger partial charge in [0, 0.05) is 38.1 Å². The van der Waals surface area contributed by atoms with Crippen LogP contribution in [0.1, 0.15) is 5.56 Å². The second-order valence-corrected chi connectivity index (χ2v) is 6.09. The molecule has 2 aromatic rings. The zero-order chi connectivity index (χ0) is 18.7. The molecule has 0 aliphatic carbocycles. The predicted octanol–water partition coefficient (Wildman–Crippen LogP) is 3.17. The van der Waals surface area contributed by atoms with Crippen molar-refractivity contribution in [1.29, 1.82) is 0 Å². The van der Waals surface area contributed by atoms with Gasteiger partial charge in [0.1, 0.15) is 5.82 Å². The fourth-order valence-corrected chi connectivity index (χ4v) is 2.82. The maximum atomic E-state index is 13.0. The van der Waals surface area contributed by atoms with Gasteiger partial charge in [0.15, 0.2) is 0 Å². The van der Waals surface area contributed by atoms with Crippen LogP contribution in [-0.4, -0.2) is 47.5 Å². The number of hydrogen-bond acceptors (Lipinski definition) is 5. The standard InChI is InChI=1S/C16H15ClF3N5O/c17-13-2-1-11(9-12(13)16(18,19)20)22-15-21-4-3-14(23-15)25-7-5-24(10-26)6-8-25/h1-4,9-10H,5-8H2,(H,21,22,23). The molecule has 26 heavy (non-hydrogen) atoms. The van der Waals surface area contributed by atoms with Gasteiger partial charge < -0.3 is 15.1 Å². The van der Waals surface area contributed by atoms with Crippen molar-refractivity contribution in [1.82, 2.24) is 14.9 Å². The lowest BCUT2D eigenvalue weighted by Crippen LogP contribution is -2.46. The Morgan fingerprint density at radius 3 is 2.54 bits per heavy atom. The van der Waals surface area contributed by atoms with Crippen LogP contribution in [-0.2, 0) is 11.0 Å². The zero-order valence-electron chi connectivity index (χ0n) is 13.5. The number of piperazine rings is 1. The number of rotatable bonds is 4. The van der Waals surface area contributed by atoms with Gasteiger partial charge in [-0.25, -0.2) is 4.98 Å². The third-order valence-corrected chi connectivity index (χ3v) is 4.29. The third kappa shape index (κ3) is 4.16. The number of carbonyl (C=O) groups is 1. The van der Waals surface area contributed by atoms with Crippen LogP contribution in [0.25, 0.3) is 0 Å². The molecule has 0 radical (unpaired) electrons. The van der Waals surface area contributed by atoms with Gasteiger partial charge in [-0.15, -0.1) is 0 Å². The number of amides is 1. The van der Waals surface area contributed by atoms with Crippen molar-refractivity contribution < 1.29 is 18.0 Å². The molecule has 3 rings (SSSR count). The molecule has 138 valence electrons. The lowest BCUT2D eigenvalue weighted by Gasteiger charge is -2.33. The molecule has 0 atom stereocenters. The third-order valence-electron chi connectivity index (χ3n) is 3.96. The van der Waals surface area contributed by atoms with Gasteiger partial charge >= 0.3 is 6.18 Å². The summed E-state index contributed by atoms with van der Waals surface area (Å²) in [6.45, 7) is 2.41. The monoisotopic (exact) mass is 385 g/mol. The largest absolute Gasteiger partial charge is 0.417 e. The molecule has 10 heteroatoms. The van der Waals surface area contributed by atoms with Crippen LogP contribution < -0.4 is 10.2 Å². The number of benzene rings is 1. The van der Waals surface area contributed by atoms with E-state index in [0.29, 0.717) is 32.0 Å². The highest BCUT2D eigenvalue weighted by atomic mass is 35.5. The Hall–Kier alpha value is -2.55. The number of aromatic nitrogens is 2. The molecule has 1 fully saturated rings. The van der Waals surface area contributed by atoms with Gasteiger partial charge in [-0.2, -0.15) is 18.2 Å². The van der Waals surface area contributed by atoms with Crippen molar-refractivity contribution in [3.8, 4) is 0 Å². The summed E-state index contributed by atoms with van der Waals surface area (Å²) in [4.78, 5) is 22.8. The fraction of sp³-hybridized carbons (Fsp3) is 0.312. The second-order valence-electron chi connectivity index (χ2n) is 5.68. The van der Waals surface area contributed by atoms with Crippen LogP contribution in [0.15, 0.2) is 30.5 Å². The number of alkyl halides is 3. The summed E-state index contributed by atoms with van der Waals surface area (Å²) in [6.07, 6.45) is -2.21. The van der Waals surface area contributed by atoms with E-state index in [0.717, 1.165) is 12.5 Å². The van der Waals surface area contributed by atoms with Crippen LogP contribution in [0.3, 0.4) is 0 Å². The van der Waals surface area contributed by atoms with E-state index < -0.39 is 11.7 Å². The molecule has 1 amide bonds. The van der Waals surface area contributed by atoms with Gasteiger partial charge in [0.2, 0.25) is 12.4 Å². The molecular weight excluding hydrogens is 371 g/mol. The minimum atomic E-state index is -4.55. The Morgan fingerprint density at radius 1 is 1.15 bits per heavy atom. The molecule has 1 aliphatic rings. The summed E-state index contributed by atoms with van der Waals surface area (Å²) in [5.41, 5.74) is -0.741. The van der Waals surface area contributed by atoms with Crippen molar-refractivity contribution >= 4 is 35.5 Å². The summed E-state index contributed by atoms with van der Waals surface area (Å²) >= 11 is 5.62. The van der Waals surface area contributed by atoms with Crippen LogP contribution >= 0.6 is 11.6 Å². The Morgan fingerprint density at radius 2 is 1.88 bits per heavy atom. The van der Waals surface area contributed by atoms with Gasteiger partial charge in [0.25, 0.3) is 0 Å². The maximum absolute atomic E-state index is 13.0. The minimum Gasteiger partial charge on any atom is -0.353 e. The second kappa shape index (κ2) is 7.36. The molecule has 6 nitrogen and oxygen atoms in total. The predicted molar refractivity (Wildman–Crippen MR) is 91.6 cm³/mol. The number of nitrogens with one attached hydrogen (secondary N) is 1. The minimum absolute atomic E-state index is 0.177. The number of halogens is 4. The van der Waals surface area contributed by atoms with Gasteiger partial charge in [-0.05, 0) is 24.3 Å². The molecule has 1 aromatic heterocycles. The first-order valence-electron chi connectivity index (χ1n) is 7.78. The summed E-state index contributed by atoms with van der Waals surface area (Å²) in [5.74, 6) is 0.814. The lowest BCUT2D eigenvalue weighted by molar-refractivity contribution is -0.137. The van der Waals surface area contributed by atoms with E-state index in [9.17, 15) is 18.0 Å². The topological polar surface area (TPSA) is 61.4 Å². The van der Waals surface area contributed by atoms with E-state index in [4.69, 9.17) is 11.6 Å². The molecule has 1 aromatic carbocycles. The van der Waals surface area contributed by atoms with Gasteiger partial charge in [-0.3, -0.25) is 4.79 Å². The van der Waals surface area contributed by atoms with Crippen LogP contribution in [0.2, 0.25) is 5.02 Å². The van der Waals surface area contributed by atoms with Gasteiger partial charge in [0.05, 0.1) is 10.6 Å². The van der Waals surface area contributed by atoms with Crippen molar-refractivity contribution in [2.75, 3.05) is 36.4 Å². The Labute approximate surface area is 152 Å². The Kier molecular flexibility index (Phi) is 5.17. The first-order valence-corrected chi connectivity index (χ1v) is 8.16. The summed E-state index contributed by atoms with van der Waals surface area (Å²) in [6, 6.07) is 5.23. The van der Waals surface area contributed by atoms with E-state index in [1.807, 2.05) is 4.90 Å². The van der Waals surface area contributed by atoms with Crippen molar-refractivity contribution in [2.24, 2.45) is 0 Å². The first-order chi connectivity index (χ1) is 12.4. The van der Waals surface area contributed by atoms with Gasteiger partial charge in [-0.1, -0.05) is 11.6 Å². The van der Waals surface area contributed by atoms with Crippen LogP contribution in [0.4, 0.5) is 30.6 Å². The molecule has 0 spiro atoms. The van der Waals surface area contributed by atoms with E-state index in [2.05, 4.69) is 15.3 Å². The molecule has 2 heterocycles. The summed E-state index contributed by atoms with van der Waals surface area (Å²) in [5, 5.41) is 2.40. The maximum Gasteiger partial charge on any atom is 0.417 e. The number of nitrogens with zero attached hydrogens (tertiary/aromatic N) is 4. The highest BCUT2D eigenvalue weighted by molar-refractivity contribution is 6.31. The summed E-state index contributed by atoms with van der Waals surface area (Å²) < 4.78 is 38.9. The molecule has 0 unspecified atom stereocenters.